The van der Waals surface area contributed by atoms with Crippen LogP contribution in [-0.2, 0) is 6.42 Å². The maximum absolute atomic E-state index is 5.32. The minimum absolute atomic E-state index is 0.899. The van der Waals surface area contributed by atoms with E-state index in [9.17, 15) is 0 Å². The summed E-state index contributed by atoms with van der Waals surface area (Å²) in [6, 6.07) is 31.9. The first-order valence-corrected chi connectivity index (χ1v) is 13.1. The van der Waals surface area contributed by atoms with Crippen LogP contribution in [0.3, 0.4) is 0 Å². The summed E-state index contributed by atoms with van der Waals surface area (Å²) in [6.45, 7) is 12.1. The maximum atomic E-state index is 5.32. The summed E-state index contributed by atoms with van der Waals surface area (Å²) in [5, 5.41) is 0. The van der Waals surface area contributed by atoms with Crippen molar-refractivity contribution in [2.45, 2.75) is 48.0 Å². The first-order chi connectivity index (χ1) is 19.0. The molecule has 0 N–H and O–H groups in total. The summed E-state index contributed by atoms with van der Waals surface area (Å²) in [4.78, 5) is 0. The van der Waals surface area contributed by atoms with Gasteiger partial charge < -0.3 is 0 Å². The molecule has 4 aromatic rings. The van der Waals surface area contributed by atoms with E-state index >= 15 is 0 Å². The smallest absolute Gasteiger partial charge is 0.0242 e. The van der Waals surface area contributed by atoms with Crippen molar-refractivity contribution in [3.8, 4) is 49.4 Å². The zero-order valence-corrected chi connectivity index (χ0v) is 24.3. The van der Waals surface area contributed by atoms with Gasteiger partial charge in [0.25, 0.3) is 0 Å². The molecule has 4 rings (SSSR count). The number of rotatable bonds is 2. The highest BCUT2D eigenvalue weighted by Gasteiger charge is 1.96. The van der Waals surface area contributed by atoms with Crippen LogP contribution in [0.4, 0.5) is 0 Å². The van der Waals surface area contributed by atoms with Crippen LogP contribution in [0.5, 0.6) is 0 Å². The molecule has 0 heteroatoms. The van der Waals surface area contributed by atoms with Gasteiger partial charge in [0.15, 0.2) is 0 Å². The van der Waals surface area contributed by atoms with Crippen molar-refractivity contribution in [3.63, 3.8) is 0 Å². The summed E-state index contributed by atoms with van der Waals surface area (Å²) in [7, 11) is 0. The number of hydrogen-bond donors (Lipinski definition) is 0. The normalized spacial score (nSPS) is 8.26. The molecule has 0 atom stereocenters. The average Bonchev–Trinajstić information content (AvgIpc) is 3.01. The number of aryl methyl sites for hydroxylation is 2. The molecule has 0 radical (unpaired) electrons. The Labute approximate surface area is 238 Å². The average molecular weight is 509 g/mol. The molecule has 0 aliphatic carbocycles. The van der Waals surface area contributed by atoms with Crippen molar-refractivity contribution in [1.29, 1.82) is 0 Å². The van der Waals surface area contributed by atoms with Crippen LogP contribution in [-0.4, -0.2) is 0 Å². The third-order valence-electron chi connectivity index (χ3n) is 5.09. The van der Waals surface area contributed by atoms with Gasteiger partial charge in [0.2, 0.25) is 0 Å². The lowest BCUT2D eigenvalue weighted by Crippen LogP contribution is -1.88. The zero-order valence-electron chi connectivity index (χ0n) is 24.3. The van der Waals surface area contributed by atoms with Gasteiger partial charge in [0, 0.05) is 22.3 Å². The number of terminal acetylenes is 4. The van der Waals surface area contributed by atoms with E-state index in [2.05, 4.69) is 47.9 Å². The molecule has 0 aliphatic rings. The molecular formula is C39H40. The Morgan fingerprint density at radius 1 is 0.385 bits per heavy atom. The molecule has 0 saturated heterocycles. The molecule has 196 valence electrons. The van der Waals surface area contributed by atoms with Crippen LogP contribution in [0.1, 0.15) is 72.2 Å². The Morgan fingerprint density at radius 2 is 0.590 bits per heavy atom. The van der Waals surface area contributed by atoms with E-state index in [1.54, 1.807) is 0 Å². The molecule has 0 fully saturated rings. The standard InChI is InChI=1S/C17H12.2C9H8.2C2H6/c1-3-14-5-9-16(10-6-14)13-17-11-7-15(4-2)8-12-17;2*1-3-9-6-4-8(2)5-7-9;2*1-2/h1-2,5-12H,13H2;2*1,4-7H,2H3;2*1-2H3. The van der Waals surface area contributed by atoms with Crippen molar-refractivity contribution in [3.05, 3.63) is 142 Å². The highest BCUT2D eigenvalue weighted by atomic mass is 14.0. The van der Waals surface area contributed by atoms with Crippen LogP contribution >= 0.6 is 0 Å². The molecular weight excluding hydrogens is 468 g/mol. The predicted molar refractivity (Wildman–Crippen MR) is 172 cm³/mol. The van der Waals surface area contributed by atoms with Gasteiger partial charge in [-0.15, -0.1) is 25.7 Å². The highest BCUT2D eigenvalue weighted by molar-refractivity contribution is 5.39. The van der Waals surface area contributed by atoms with E-state index < -0.39 is 0 Å². The van der Waals surface area contributed by atoms with Crippen LogP contribution < -0.4 is 0 Å². The van der Waals surface area contributed by atoms with Gasteiger partial charge >= 0.3 is 0 Å². The molecule has 0 bridgehead atoms. The lowest BCUT2D eigenvalue weighted by atomic mass is 10.0. The fourth-order valence-corrected chi connectivity index (χ4v) is 2.97. The van der Waals surface area contributed by atoms with E-state index in [1.165, 1.54) is 22.3 Å². The van der Waals surface area contributed by atoms with Crippen molar-refractivity contribution >= 4 is 0 Å². The Bertz CT molecular complexity index is 1240. The molecule has 0 heterocycles. The number of benzene rings is 4. The Hall–Kier alpha value is -4.88. The summed E-state index contributed by atoms with van der Waals surface area (Å²) in [5.74, 6) is 10.3. The van der Waals surface area contributed by atoms with Crippen molar-refractivity contribution in [1.82, 2.24) is 0 Å². The summed E-state index contributed by atoms with van der Waals surface area (Å²) >= 11 is 0. The van der Waals surface area contributed by atoms with Crippen molar-refractivity contribution in [2.24, 2.45) is 0 Å². The van der Waals surface area contributed by atoms with Crippen LogP contribution in [0, 0.1) is 63.2 Å². The minimum atomic E-state index is 0.899. The zero-order chi connectivity index (χ0) is 29.5. The van der Waals surface area contributed by atoms with Gasteiger partial charge in [-0.05, 0) is 79.9 Å². The monoisotopic (exact) mass is 508 g/mol. The third kappa shape index (κ3) is 14.4. The first kappa shape index (κ1) is 34.1. The molecule has 39 heavy (non-hydrogen) atoms. The van der Waals surface area contributed by atoms with Crippen LogP contribution in [0.2, 0.25) is 0 Å². The fraction of sp³-hybridized carbons (Fsp3) is 0.179. The van der Waals surface area contributed by atoms with Gasteiger partial charge in [-0.25, -0.2) is 0 Å². The quantitative estimate of drug-likeness (QED) is 0.237. The van der Waals surface area contributed by atoms with Crippen LogP contribution in [0.15, 0.2) is 97.1 Å². The van der Waals surface area contributed by atoms with Gasteiger partial charge in [0.05, 0.1) is 0 Å². The molecule has 0 aliphatic heterocycles. The van der Waals surface area contributed by atoms with Crippen molar-refractivity contribution < 1.29 is 0 Å². The number of hydrogen-bond acceptors (Lipinski definition) is 0. The molecule has 0 aromatic heterocycles. The second-order valence-corrected chi connectivity index (χ2v) is 7.88. The van der Waals surface area contributed by atoms with E-state index in [-0.39, 0.29) is 0 Å². The maximum Gasteiger partial charge on any atom is 0.0242 e. The largest absolute Gasteiger partial charge is 0.115 e. The molecule has 0 unspecified atom stereocenters. The SMILES string of the molecule is C#Cc1ccc(C)cc1.C#Cc1ccc(C)cc1.C#Cc1ccc(Cc2ccc(C#C)cc2)cc1.CC.CC. The lowest BCUT2D eigenvalue weighted by Gasteiger charge is -2.02. The topological polar surface area (TPSA) is 0 Å². The Kier molecular flexibility index (Phi) is 18.6. The van der Waals surface area contributed by atoms with Crippen molar-refractivity contribution in [2.75, 3.05) is 0 Å². The first-order valence-electron chi connectivity index (χ1n) is 13.1. The molecule has 4 aromatic carbocycles. The predicted octanol–water partition coefficient (Wildman–Crippen LogP) is 9.25. The van der Waals surface area contributed by atoms with Gasteiger partial charge in [-0.1, -0.05) is 111 Å². The van der Waals surface area contributed by atoms with E-state index in [1.807, 2.05) is 114 Å². The van der Waals surface area contributed by atoms with E-state index in [0.717, 1.165) is 28.7 Å². The summed E-state index contributed by atoms with van der Waals surface area (Å²) in [5.41, 5.74) is 8.70. The van der Waals surface area contributed by atoms with Gasteiger partial charge in [-0.3, -0.25) is 0 Å². The minimum Gasteiger partial charge on any atom is -0.115 e. The molecule has 0 spiro atoms. The molecule has 0 nitrogen and oxygen atoms in total. The second-order valence-electron chi connectivity index (χ2n) is 7.88. The fourth-order valence-electron chi connectivity index (χ4n) is 2.97. The summed E-state index contributed by atoms with van der Waals surface area (Å²) < 4.78 is 0. The van der Waals surface area contributed by atoms with E-state index in [0.29, 0.717) is 0 Å². The van der Waals surface area contributed by atoms with Gasteiger partial charge in [0.1, 0.15) is 0 Å². The van der Waals surface area contributed by atoms with E-state index in [4.69, 9.17) is 25.7 Å². The Morgan fingerprint density at radius 3 is 0.795 bits per heavy atom. The van der Waals surface area contributed by atoms with Gasteiger partial charge in [-0.2, -0.15) is 0 Å². The summed E-state index contributed by atoms with van der Waals surface area (Å²) in [6.07, 6.45) is 21.8. The molecule has 0 saturated carbocycles. The Balaban J connectivity index is 0.000000559. The second kappa shape index (κ2) is 21.2. The molecule has 0 amide bonds. The highest BCUT2D eigenvalue weighted by Crippen LogP contribution is 2.11. The van der Waals surface area contributed by atoms with Crippen LogP contribution in [0.25, 0.3) is 0 Å². The third-order valence-corrected chi connectivity index (χ3v) is 5.09. The lowest BCUT2D eigenvalue weighted by molar-refractivity contribution is 1.19.